The Labute approximate surface area is 94.2 Å². The van der Waals surface area contributed by atoms with Gasteiger partial charge in [-0.05, 0) is 26.7 Å². The van der Waals surface area contributed by atoms with Crippen molar-refractivity contribution in [2.24, 2.45) is 0 Å². The molecule has 0 bridgehead atoms. The van der Waals surface area contributed by atoms with Gasteiger partial charge in [0.15, 0.2) is 0 Å². The molecule has 0 radical (unpaired) electrons. The molecule has 3 nitrogen and oxygen atoms in total. The van der Waals surface area contributed by atoms with E-state index in [1.165, 1.54) is 0 Å². The third kappa shape index (κ3) is 5.17. The molecule has 0 aliphatic carbocycles. The zero-order valence-corrected chi connectivity index (χ0v) is 10.8. The standard InChI is InChI=1S/C12H26N2O/c1-6-9-11(7-2)13-10(4)12(15)14(5)8-3/h10-11,13H,6-9H2,1-5H3. The van der Waals surface area contributed by atoms with Gasteiger partial charge in [-0.3, -0.25) is 4.79 Å². The highest BCUT2D eigenvalue weighted by molar-refractivity contribution is 5.81. The van der Waals surface area contributed by atoms with Gasteiger partial charge in [-0.2, -0.15) is 0 Å². The lowest BCUT2D eigenvalue weighted by Gasteiger charge is -2.25. The molecule has 0 fully saturated rings. The average molecular weight is 214 g/mol. The summed E-state index contributed by atoms with van der Waals surface area (Å²) < 4.78 is 0. The molecule has 0 rings (SSSR count). The Morgan fingerprint density at radius 1 is 1.33 bits per heavy atom. The Morgan fingerprint density at radius 2 is 1.93 bits per heavy atom. The topological polar surface area (TPSA) is 32.3 Å². The van der Waals surface area contributed by atoms with E-state index < -0.39 is 0 Å². The Bertz CT molecular complexity index is 182. The second-order valence-corrected chi connectivity index (χ2v) is 4.13. The Hall–Kier alpha value is -0.570. The lowest BCUT2D eigenvalue weighted by atomic mass is 10.1. The van der Waals surface area contributed by atoms with Crippen molar-refractivity contribution in [3.8, 4) is 0 Å². The first-order valence-electron chi connectivity index (χ1n) is 6.07. The molecule has 0 heterocycles. The minimum atomic E-state index is -0.0635. The SMILES string of the molecule is CCCC(CC)NC(C)C(=O)N(C)CC. The van der Waals surface area contributed by atoms with Crippen LogP contribution in [0.1, 0.15) is 47.0 Å². The fourth-order valence-corrected chi connectivity index (χ4v) is 1.67. The van der Waals surface area contributed by atoms with E-state index in [-0.39, 0.29) is 11.9 Å². The lowest BCUT2D eigenvalue weighted by Crippen LogP contribution is -2.46. The largest absolute Gasteiger partial charge is 0.345 e. The molecule has 2 unspecified atom stereocenters. The van der Waals surface area contributed by atoms with Crippen LogP contribution in [0.4, 0.5) is 0 Å². The maximum absolute atomic E-state index is 11.8. The lowest BCUT2D eigenvalue weighted by molar-refractivity contribution is -0.131. The zero-order valence-electron chi connectivity index (χ0n) is 10.8. The second kappa shape index (κ2) is 7.69. The number of hydrogen-bond donors (Lipinski definition) is 1. The van der Waals surface area contributed by atoms with Gasteiger partial charge in [0.2, 0.25) is 5.91 Å². The second-order valence-electron chi connectivity index (χ2n) is 4.13. The molecule has 2 atom stereocenters. The summed E-state index contributed by atoms with van der Waals surface area (Å²) in [5.74, 6) is 0.187. The summed E-state index contributed by atoms with van der Waals surface area (Å²) in [5.41, 5.74) is 0. The van der Waals surface area contributed by atoms with Gasteiger partial charge in [0.25, 0.3) is 0 Å². The molecule has 0 saturated carbocycles. The van der Waals surface area contributed by atoms with E-state index in [1.807, 2.05) is 20.9 Å². The van der Waals surface area contributed by atoms with E-state index >= 15 is 0 Å². The van der Waals surface area contributed by atoms with Crippen molar-refractivity contribution in [1.82, 2.24) is 10.2 Å². The normalized spacial score (nSPS) is 14.7. The van der Waals surface area contributed by atoms with Gasteiger partial charge >= 0.3 is 0 Å². The molecule has 0 aromatic carbocycles. The number of nitrogens with one attached hydrogen (secondary N) is 1. The predicted molar refractivity (Wildman–Crippen MR) is 64.9 cm³/mol. The van der Waals surface area contributed by atoms with Gasteiger partial charge in [-0.1, -0.05) is 20.3 Å². The maximum atomic E-state index is 11.8. The fourth-order valence-electron chi connectivity index (χ4n) is 1.67. The molecule has 0 spiro atoms. The molecular formula is C12H26N2O. The summed E-state index contributed by atoms with van der Waals surface area (Å²) in [7, 11) is 1.85. The average Bonchev–Trinajstić information content (AvgIpc) is 2.26. The van der Waals surface area contributed by atoms with Gasteiger partial charge in [0.1, 0.15) is 0 Å². The molecule has 0 saturated heterocycles. The molecule has 15 heavy (non-hydrogen) atoms. The van der Waals surface area contributed by atoms with E-state index in [2.05, 4.69) is 19.2 Å². The van der Waals surface area contributed by atoms with Gasteiger partial charge in [-0.25, -0.2) is 0 Å². The third-order valence-electron chi connectivity index (χ3n) is 2.84. The van der Waals surface area contributed by atoms with Crippen molar-refractivity contribution in [1.29, 1.82) is 0 Å². The fraction of sp³-hybridized carbons (Fsp3) is 0.917. The van der Waals surface area contributed by atoms with Crippen molar-refractivity contribution in [3.05, 3.63) is 0 Å². The Balaban J connectivity index is 4.09. The van der Waals surface area contributed by atoms with Crippen molar-refractivity contribution < 1.29 is 4.79 Å². The van der Waals surface area contributed by atoms with Crippen LogP contribution in [0.5, 0.6) is 0 Å². The van der Waals surface area contributed by atoms with Crippen LogP contribution in [-0.4, -0.2) is 36.5 Å². The first-order chi connectivity index (χ1) is 7.06. The quantitative estimate of drug-likeness (QED) is 0.703. The van der Waals surface area contributed by atoms with Crippen LogP contribution < -0.4 is 5.32 Å². The first-order valence-corrected chi connectivity index (χ1v) is 6.07. The van der Waals surface area contributed by atoms with Crippen LogP contribution in [0, 0.1) is 0 Å². The zero-order chi connectivity index (χ0) is 11.8. The molecule has 1 N–H and O–H groups in total. The van der Waals surface area contributed by atoms with E-state index in [0.717, 1.165) is 25.8 Å². The van der Waals surface area contributed by atoms with Crippen LogP contribution in [0.2, 0.25) is 0 Å². The highest BCUT2D eigenvalue weighted by Gasteiger charge is 2.18. The molecular weight excluding hydrogens is 188 g/mol. The van der Waals surface area contributed by atoms with Crippen LogP contribution in [0.15, 0.2) is 0 Å². The van der Waals surface area contributed by atoms with E-state index in [4.69, 9.17) is 0 Å². The predicted octanol–water partition coefficient (Wildman–Crippen LogP) is 2.02. The van der Waals surface area contributed by atoms with E-state index in [9.17, 15) is 4.79 Å². The van der Waals surface area contributed by atoms with Crippen molar-refractivity contribution >= 4 is 5.91 Å². The maximum Gasteiger partial charge on any atom is 0.239 e. The molecule has 0 aromatic rings. The summed E-state index contributed by atoms with van der Waals surface area (Å²) in [6.07, 6.45) is 3.39. The van der Waals surface area contributed by atoms with Crippen LogP contribution >= 0.6 is 0 Å². The van der Waals surface area contributed by atoms with E-state index in [1.54, 1.807) is 4.90 Å². The number of carbonyl (C=O) groups is 1. The van der Waals surface area contributed by atoms with Crippen molar-refractivity contribution in [3.63, 3.8) is 0 Å². The summed E-state index contributed by atoms with van der Waals surface area (Å²) in [5, 5.41) is 3.39. The third-order valence-corrected chi connectivity index (χ3v) is 2.84. The highest BCUT2D eigenvalue weighted by atomic mass is 16.2. The number of hydrogen-bond acceptors (Lipinski definition) is 2. The highest BCUT2D eigenvalue weighted by Crippen LogP contribution is 2.03. The number of amides is 1. The van der Waals surface area contributed by atoms with Crippen molar-refractivity contribution in [2.45, 2.75) is 59.0 Å². The van der Waals surface area contributed by atoms with Crippen molar-refractivity contribution in [2.75, 3.05) is 13.6 Å². The van der Waals surface area contributed by atoms with Gasteiger partial charge in [0.05, 0.1) is 6.04 Å². The number of rotatable bonds is 7. The minimum absolute atomic E-state index is 0.0635. The summed E-state index contributed by atoms with van der Waals surface area (Å²) in [6.45, 7) is 9.05. The van der Waals surface area contributed by atoms with Crippen LogP contribution in [-0.2, 0) is 4.79 Å². The number of nitrogens with zero attached hydrogens (tertiary/aromatic N) is 1. The van der Waals surface area contributed by atoms with Crippen LogP contribution in [0.25, 0.3) is 0 Å². The van der Waals surface area contributed by atoms with Gasteiger partial charge < -0.3 is 10.2 Å². The monoisotopic (exact) mass is 214 g/mol. The molecule has 1 amide bonds. The Kier molecular flexibility index (Phi) is 7.39. The van der Waals surface area contributed by atoms with Crippen LogP contribution in [0.3, 0.4) is 0 Å². The number of carbonyl (C=O) groups excluding carboxylic acids is 1. The Morgan fingerprint density at radius 3 is 2.33 bits per heavy atom. The minimum Gasteiger partial charge on any atom is -0.345 e. The molecule has 0 aromatic heterocycles. The molecule has 90 valence electrons. The first kappa shape index (κ1) is 14.4. The van der Waals surface area contributed by atoms with Gasteiger partial charge in [0, 0.05) is 19.6 Å². The molecule has 0 aliphatic heterocycles. The summed E-state index contributed by atoms with van der Waals surface area (Å²) in [4.78, 5) is 13.6. The van der Waals surface area contributed by atoms with Gasteiger partial charge in [-0.15, -0.1) is 0 Å². The summed E-state index contributed by atoms with van der Waals surface area (Å²) in [6, 6.07) is 0.408. The molecule has 3 heteroatoms. The smallest absolute Gasteiger partial charge is 0.239 e. The number of likely N-dealkylation sites (N-methyl/N-ethyl adjacent to an activating group) is 1. The molecule has 0 aliphatic rings. The van der Waals surface area contributed by atoms with E-state index in [0.29, 0.717) is 6.04 Å². The summed E-state index contributed by atoms with van der Waals surface area (Å²) >= 11 is 0.